The number of nitrogens with one attached hydrogen (secondary N) is 1. The second-order valence-corrected chi connectivity index (χ2v) is 3.18. The molecule has 0 spiro atoms. The van der Waals surface area contributed by atoms with E-state index >= 15 is 0 Å². The van der Waals surface area contributed by atoms with Crippen molar-refractivity contribution in [2.45, 2.75) is 19.4 Å². The fraction of sp³-hybridized carbons (Fsp3) is 1.00. The fourth-order valence-electron chi connectivity index (χ4n) is 0.998. The van der Waals surface area contributed by atoms with Gasteiger partial charge in [-0.25, -0.2) is 5.01 Å². The van der Waals surface area contributed by atoms with E-state index in [-0.39, 0.29) is 5.54 Å². The highest BCUT2D eigenvalue weighted by molar-refractivity contribution is 4.84. The Balaban J connectivity index is 2.49. The van der Waals surface area contributed by atoms with E-state index in [2.05, 4.69) is 19.2 Å². The summed E-state index contributed by atoms with van der Waals surface area (Å²) < 4.78 is 0. The normalized spacial score (nSPS) is 28.3. The van der Waals surface area contributed by atoms with Crippen molar-refractivity contribution in [1.29, 1.82) is 0 Å². The first-order chi connectivity index (χ1) is 4.13. The van der Waals surface area contributed by atoms with E-state index in [1.807, 2.05) is 5.01 Å². The van der Waals surface area contributed by atoms with Gasteiger partial charge in [-0.1, -0.05) is 0 Å². The molecule has 3 nitrogen and oxygen atoms in total. The van der Waals surface area contributed by atoms with Gasteiger partial charge in [-0.05, 0) is 13.8 Å². The van der Waals surface area contributed by atoms with E-state index in [4.69, 9.17) is 5.84 Å². The summed E-state index contributed by atoms with van der Waals surface area (Å²) in [6, 6.07) is 0. The van der Waals surface area contributed by atoms with Crippen LogP contribution in [0.15, 0.2) is 0 Å². The maximum atomic E-state index is 5.71. The topological polar surface area (TPSA) is 41.3 Å². The molecule has 1 aliphatic heterocycles. The van der Waals surface area contributed by atoms with Crippen molar-refractivity contribution in [1.82, 2.24) is 10.3 Å². The van der Waals surface area contributed by atoms with Crippen molar-refractivity contribution in [2.75, 3.05) is 19.6 Å². The highest BCUT2D eigenvalue weighted by Crippen LogP contribution is 2.10. The molecule has 1 aliphatic rings. The molecule has 0 aliphatic carbocycles. The van der Waals surface area contributed by atoms with Gasteiger partial charge < -0.3 is 5.32 Å². The Kier molecular flexibility index (Phi) is 1.75. The van der Waals surface area contributed by atoms with Gasteiger partial charge in [-0.15, -0.1) is 0 Å². The fourth-order valence-corrected chi connectivity index (χ4v) is 0.998. The average molecular weight is 129 g/mol. The van der Waals surface area contributed by atoms with E-state index in [0.29, 0.717) is 0 Å². The van der Waals surface area contributed by atoms with E-state index < -0.39 is 0 Å². The van der Waals surface area contributed by atoms with Crippen molar-refractivity contribution >= 4 is 0 Å². The molecule has 0 amide bonds. The molecule has 1 heterocycles. The van der Waals surface area contributed by atoms with Gasteiger partial charge in [0.1, 0.15) is 0 Å². The van der Waals surface area contributed by atoms with Crippen molar-refractivity contribution < 1.29 is 0 Å². The molecular weight excluding hydrogens is 114 g/mol. The summed E-state index contributed by atoms with van der Waals surface area (Å²) in [7, 11) is 0. The summed E-state index contributed by atoms with van der Waals surface area (Å²) in [6.07, 6.45) is 0. The molecule has 3 heteroatoms. The Labute approximate surface area is 56.2 Å². The van der Waals surface area contributed by atoms with E-state index in [1.54, 1.807) is 0 Å². The molecule has 0 saturated carbocycles. The zero-order chi connectivity index (χ0) is 6.91. The highest BCUT2D eigenvalue weighted by Gasteiger charge is 2.26. The smallest absolute Gasteiger partial charge is 0.0420 e. The first kappa shape index (κ1) is 6.99. The monoisotopic (exact) mass is 129 g/mol. The minimum Gasteiger partial charge on any atom is -0.314 e. The lowest BCUT2D eigenvalue weighted by Gasteiger charge is -2.39. The number of hydrogen-bond donors (Lipinski definition) is 2. The zero-order valence-corrected chi connectivity index (χ0v) is 6.15. The zero-order valence-electron chi connectivity index (χ0n) is 6.15. The van der Waals surface area contributed by atoms with Crippen LogP contribution in [0, 0.1) is 0 Å². The second kappa shape index (κ2) is 2.25. The lowest BCUT2D eigenvalue weighted by atomic mass is 10.0. The predicted molar refractivity (Wildman–Crippen MR) is 37.8 cm³/mol. The number of piperazine rings is 1. The molecule has 54 valence electrons. The van der Waals surface area contributed by atoms with Gasteiger partial charge >= 0.3 is 0 Å². The van der Waals surface area contributed by atoms with Crippen LogP contribution in [0.1, 0.15) is 13.8 Å². The van der Waals surface area contributed by atoms with Crippen molar-refractivity contribution in [2.24, 2.45) is 5.84 Å². The summed E-state index contributed by atoms with van der Waals surface area (Å²) in [5, 5.41) is 5.18. The number of hydrazine groups is 1. The molecule has 9 heavy (non-hydrogen) atoms. The Bertz CT molecular complexity index is 100. The van der Waals surface area contributed by atoms with Gasteiger partial charge in [0.25, 0.3) is 0 Å². The quantitative estimate of drug-likeness (QED) is 0.435. The van der Waals surface area contributed by atoms with Gasteiger partial charge in [0.2, 0.25) is 0 Å². The van der Waals surface area contributed by atoms with Crippen molar-refractivity contribution in [3.63, 3.8) is 0 Å². The van der Waals surface area contributed by atoms with Crippen molar-refractivity contribution in [3.05, 3.63) is 0 Å². The van der Waals surface area contributed by atoms with Crippen LogP contribution < -0.4 is 11.2 Å². The van der Waals surface area contributed by atoms with Crippen LogP contribution in [0.25, 0.3) is 0 Å². The maximum Gasteiger partial charge on any atom is 0.0420 e. The van der Waals surface area contributed by atoms with Gasteiger partial charge in [0, 0.05) is 25.2 Å². The molecule has 3 N–H and O–H groups in total. The van der Waals surface area contributed by atoms with Crippen LogP contribution in [0.2, 0.25) is 0 Å². The largest absolute Gasteiger partial charge is 0.314 e. The molecule has 0 unspecified atom stereocenters. The Morgan fingerprint density at radius 2 is 2.22 bits per heavy atom. The maximum absolute atomic E-state index is 5.71. The third kappa shape index (κ3) is 1.41. The van der Waals surface area contributed by atoms with E-state index in [0.717, 1.165) is 19.6 Å². The van der Waals surface area contributed by atoms with Gasteiger partial charge in [-0.3, -0.25) is 5.84 Å². The Morgan fingerprint density at radius 3 is 2.56 bits per heavy atom. The summed E-state index contributed by atoms with van der Waals surface area (Å²) in [6.45, 7) is 7.23. The second-order valence-electron chi connectivity index (χ2n) is 3.18. The summed E-state index contributed by atoms with van der Waals surface area (Å²) in [5.74, 6) is 5.71. The number of hydrogen-bond acceptors (Lipinski definition) is 3. The van der Waals surface area contributed by atoms with E-state index in [9.17, 15) is 0 Å². The molecule has 0 aromatic heterocycles. The lowest BCUT2D eigenvalue weighted by molar-refractivity contribution is 0.0916. The van der Waals surface area contributed by atoms with Gasteiger partial charge in [0.15, 0.2) is 0 Å². The molecule has 0 bridgehead atoms. The number of nitrogens with two attached hydrogens (primary N) is 1. The number of nitrogens with zero attached hydrogens (tertiary/aromatic N) is 1. The Hall–Kier alpha value is -0.120. The molecule has 0 radical (unpaired) electrons. The molecule has 0 aromatic rings. The van der Waals surface area contributed by atoms with Crippen LogP contribution in [0.5, 0.6) is 0 Å². The molecule has 1 rings (SSSR count). The summed E-state index contributed by atoms with van der Waals surface area (Å²) in [5.41, 5.74) is 0.137. The lowest BCUT2D eigenvalue weighted by Crippen LogP contribution is -2.60. The standard InChI is InChI=1S/C6H15N3/c1-6(2)5-8-3-4-9(6)7/h8H,3-5,7H2,1-2H3. The van der Waals surface area contributed by atoms with Crippen LogP contribution >= 0.6 is 0 Å². The molecule has 1 fully saturated rings. The first-order valence-corrected chi connectivity index (χ1v) is 3.36. The number of rotatable bonds is 0. The molecule has 0 atom stereocenters. The minimum absolute atomic E-state index is 0.137. The van der Waals surface area contributed by atoms with Crippen LogP contribution in [0.3, 0.4) is 0 Å². The molecule has 0 aromatic carbocycles. The average Bonchev–Trinajstić information content (AvgIpc) is 1.77. The highest BCUT2D eigenvalue weighted by atomic mass is 15.5. The van der Waals surface area contributed by atoms with E-state index in [1.165, 1.54) is 0 Å². The Morgan fingerprint density at radius 1 is 1.56 bits per heavy atom. The SMILES string of the molecule is CC1(C)CNCCN1N. The summed E-state index contributed by atoms with van der Waals surface area (Å²) >= 11 is 0. The third-order valence-electron chi connectivity index (χ3n) is 1.86. The predicted octanol–water partition coefficient (Wildman–Crippen LogP) is -0.456. The molecular formula is C6H15N3. The minimum atomic E-state index is 0.137. The van der Waals surface area contributed by atoms with Crippen LogP contribution in [0.4, 0.5) is 0 Å². The van der Waals surface area contributed by atoms with Crippen LogP contribution in [-0.2, 0) is 0 Å². The van der Waals surface area contributed by atoms with Gasteiger partial charge in [-0.2, -0.15) is 0 Å². The van der Waals surface area contributed by atoms with Crippen molar-refractivity contribution in [3.8, 4) is 0 Å². The summed E-state index contributed by atoms with van der Waals surface area (Å²) in [4.78, 5) is 0. The third-order valence-corrected chi connectivity index (χ3v) is 1.86. The van der Waals surface area contributed by atoms with Crippen LogP contribution in [-0.4, -0.2) is 30.2 Å². The molecule has 1 saturated heterocycles. The first-order valence-electron chi connectivity index (χ1n) is 3.36. The van der Waals surface area contributed by atoms with Gasteiger partial charge in [0.05, 0.1) is 0 Å².